The Morgan fingerprint density at radius 3 is 2.48 bits per heavy atom. The van der Waals surface area contributed by atoms with Crippen molar-refractivity contribution in [3.05, 3.63) is 154 Å². The van der Waals surface area contributed by atoms with Gasteiger partial charge >= 0.3 is 0 Å². The van der Waals surface area contributed by atoms with Crippen LogP contribution in [-0.2, 0) is 13.0 Å². The number of halogens is 1. The zero-order valence-electron chi connectivity index (χ0n) is 27.7. The third-order valence-corrected chi connectivity index (χ3v) is 11.2. The van der Waals surface area contributed by atoms with Crippen LogP contribution in [0, 0.1) is 3.57 Å². The van der Waals surface area contributed by atoms with Crippen molar-refractivity contribution in [2.24, 2.45) is 4.99 Å². The van der Waals surface area contributed by atoms with E-state index in [9.17, 15) is 4.79 Å². The van der Waals surface area contributed by atoms with Crippen molar-refractivity contribution < 1.29 is 18.9 Å². The Bertz CT molecular complexity index is 2510. The van der Waals surface area contributed by atoms with Crippen LogP contribution in [0.4, 0.5) is 0 Å². The van der Waals surface area contributed by atoms with Crippen molar-refractivity contribution in [1.29, 1.82) is 0 Å². The number of aryl methyl sites for hydroxylation is 1. The predicted molar refractivity (Wildman–Crippen MR) is 206 cm³/mol. The van der Waals surface area contributed by atoms with Gasteiger partial charge in [-0.05, 0) is 104 Å². The van der Waals surface area contributed by atoms with Crippen LogP contribution in [0.2, 0.25) is 0 Å². The van der Waals surface area contributed by atoms with Crippen LogP contribution in [0.25, 0.3) is 22.5 Å². The first kappa shape index (κ1) is 32.3. The van der Waals surface area contributed by atoms with Gasteiger partial charge in [-0.25, -0.2) is 4.99 Å². The van der Waals surface area contributed by atoms with Gasteiger partial charge < -0.3 is 18.9 Å². The molecular weight excluding hydrogens is 759 g/mol. The van der Waals surface area contributed by atoms with Crippen molar-refractivity contribution in [2.45, 2.75) is 25.5 Å². The number of hydrogen-bond donors (Lipinski definition) is 0. The van der Waals surface area contributed by atoms with E-state index in [2.05, 4.69) is 71.1 Å². The second-order valence-corrected chi connectivity index (χ2v) is 14.4. The van der Waals surface area contributed by atoms with Crippen LogP contribution in [0.5, 0.6) is 23.0 Å². The summed E-state index contributed by atoms with van der Waals surface area (Å²) in [7, 11) is 4.89. The number of methoxy groups -OCH3 is 3. The highest BCUT2D eigenvalue weighted by atomic mass is 127. The Morgan fingerprint density at radius 2 is 1.64 bits per heavy atom. The molecule has 0 saturated carbocycles. The average Bonchev–Trinajstić information content (AvgIpc) is 3.46. The van der Waals surface area contributed by atoms with Crippen LogP contribution in [-0.4, -0.2) is 25.9 Å². The summed E-state index contributed by atoms with van der Waals surface area (Å²) in [4.78, 5) is 20.2. The summed E-state index contributed by atoms with van der Waals surface area (Å²) in [5.74, 6) is 2.53. The largest absolute Gasteiger partial charge is 0.493 e. The number of hydrogen-bond acceptors (Lipinski definition) is 7. The minimum absolute atomic E-state index is 0.0933. The highest BCUT2D eigenvalue weighted by molar-refractivity contribution is 14.1. The molecule has 0 radical (unpaired) electrons. The molecule has 0 unspecified atom stereocenters. The second kappa shape index (κ2) is 13.4. The molecule has 1 aliphatic carbocycles. The number of fused-ring (bicyclic) bond motifs is 4. The Kier molecular flexibility index (Phi) is 8.70. The van der Waals surface area contributed by atoms with Crippen molar-refractivity contribution in [2.75, 3.05) is 21.3 Å². The lowest BCUT2D eigenvalue weighted by atomic mass is 9.83. The molecule has 0 bridgehead atoms. The van der Waals surface area contributed by atoms with E-state index in [0.29, 0.717) is 38.9 Å². The van der Waals surface area contributed by atoms with E-state index in [1.807, 2.05) is 59.2 Å². The van der Waals surface area contributed by atoms with Crippen LogP contribution in [0.15, 0.2) is 112 Å². The van der Waals surface area contributed by atoms with Gasteiger partial charge in [0.15, 0.2) is 27.8 Å². The molecule has 50 heavy (non-hydrogen) atoms. The van der Waals surface area contributed by atoms with Crippen molar-refractivity contribution in [1.82, 2.24) is 4.57 Å². The molecule has 9 heteroatoms. The summed E-state index contributed by atoms with van der Waals surface area (Å²) in [5, 5.41) is 2.33. The third-order valence-electron chi connectivity index (χ3n) is 9.40. The van der Waals surface area contributed by atoms with Gasteiger partial charge in [0.05, 0.1) is 41.2 Å². The van der Waals surface area contributed by atoms with Gasteiger partial charge in [0.1, 0.15) is 6.61 Å². The molecule has 2 aliphatic rings. The lowest BCUT2D eigenvalue weighted by Gasteiger charge is -2.31. The number of thiazole rings is 1. The summed E-state index contributed by atoms with van der Waals surface area (Å²) in [6, 6.07) is 32.5. The normalized spacial score (nSPS) is 15.2. The minimum atomic E-state index is -0.337. The van der Waals surface area contributed by atoms with E-state index in [1.165, 1.54) is 22.3 Å². The summed E-state index contributed by atoms with van der Waals surface area (Å²) in [6.45, 7) is 0.398. The number of allylic oxidation sites excluding steroid dienone is 1. The molecule has 2 heterocycles. The van der Waals surface area contributed by atoms with E-state index >= 15 is 0 Å². The monoisotopic (exact) mass is 792 g/mol. The Labute approximate surface area is 306 Å². The molecule has 7 nitrogen and oxygen atoms in total. The molecule has 0 spiro atoms. The molecule has 5 aromatic carbocycles. The molecule has 250 valence electrons. The molecule has 0 amide bonds. The SMILES string of the molecule is COc1ccc([C@@H]2C3=C(N=c4s/c(=C\c5cc(I)c(OCc6cccc7ccccc67)c(OC)c5)c(=O)n42)c2ccccc2CC3)cc1OC. The van der Waals surface area contributed by atoms with E-state index in [4.69, 9.17) is 23.9 Å². The molecule has 1 aliphatic heterocycles. The maximum atomic E-state index is 14.4. The van der Waals surface area contributed by atoms with Gasteiger partial charge in [-0.1, -0.05) is 84.1 Å². The fourth-order valence-corrected chi connectivity index (χ4v) is 8.81. The minimum Gasteiger partial charge on any atom is -0.493 e. The fraction of sp³-hybridized carbons (Fsp3) is 0.171. The van der Waals surface area contributed by atoms with E-state index in [-0.39, 0.29) is 11.6 Å². The smallest absolute Gasteiger partial charge is 0.271 e. The van der Waals surface area contributed by atoms with Gasteiger partial charge in [0.2, 0.25) is 0 Å². The van der Waals surface area contributed by atoms with Crippen molar-refractivity contribution >= 4 is 56.5 Å². The van der Waals surface area contributed by atoms with Gasteiger partial charge in [0.25, 0.3) is 5.56 Å². The highest BCUT2D eigenvalue weighted by Crippen LogP contribution is 2.43. The maximum absolute atomic E-state index is 14.4. The molecule has 1 aromatic heterocycles. The lowest BCUT2D eigenvalue weighted by Crippen LogP contribution is -2.38. The van der Waals surface area contributed by atoms with Crippen LogP contribution in [0.1, 0.15) is 40.3 Å². The zero-order chi connectivity index (χ0) is 34.4. The fourth-order valence-electron chi connectivity index (χ4n) is 7.03. The van der Waals surface area contributed by atoms with Crippen LogP contribution < -0.4 is 33.8 Å². The molecule has 0 fully saturated rings. The summed E-state index contributed by atoms with van der Waals surface area (Å²) in [6.07, 6.45) is 3.60. The first-order valence-corrected chi connectivity index (χ1v) is 18.2. The molecular formula is C41H33IN2O5S. The van der Waals surface area contributed by atoms with Crippen molar-refractivity contribution in [3.63, 3.8) is 0 Å². The Morgan fingerprint density at radius 1 is 0.860 bits per heavy atom. The summed E-state index contributed by atoms with van der Waals surface area (Å²) < 4.78 is 26.8. The first-order valence-electron chi connectivity index (χ1n) is 16.3. The maximum Gasteiger partial charge on any atom is 0.271 e. The first-order chi connectivity index (χ1) is 24.5. The van der Waals surface area contributed by atoms with Gasteiger partial charge in [-0.15, -0.1) is 0 Å². The van der Waals surface area contributed by atoms with Crippen LogP contribution >= 0.6 is 33.9 Å². The van der Waals surface area contributed by atoms with Gasteiger partial charge in [-0.2, -0.15) is 0 Å². The lowest BCUT2D eigenvalue weighted by molar-refractivity contribution is 0.283. The van der Waals surface area contributed by atoms with E-state index in [1.54, 1.807) is 21.3 Å². The zero-order valence-corrected chi connectivity index (χ0v) is 30.7. The van der Waals surface area contributed by atoms with E-state index < -0.39 is 0 Å². The topological polar surface area (TPSA) is 71.3 Å². The third kappa shape index (κ3) is 5.68. The number of ether oxygens (including phenoxy) is 4. The quantitative estimate of drug-likeness (QED) is 0.148. The highest BCUT2D eigenvalue weighted by Gasteiger charge is 2.33. The van der Waals surface area contributed by atoms with Gasteiger partial charge in [-0.3, -0.25) is 9.36 Å². The Balaban J connectivity index is 1.22. The summed E-state index contributed by atoms with van der Waals surface area (Å²) >= 11 is 3.68. The van der Waals surface area contributed by atoms with Gasteiger partial charge in [0, 0.05) is 5.56 Å². The molecule has 1 atom stereocenters. The molecule has 8 rings (SSSR count). The number of nitrogens with zero attached hydrogens (tertiary/aromatic N) is 2. The van der Waals surface area contributed by atoms with E-state index in [0.717, 1.165) is 55.3 Å². The Hall–Kier alpha value is -4.87. The average molecular weight is 793 g/mol. The number of benzene rings is 5. The second-order valence-electron chi connectivity index (χ2n) is 12.2. The standard InChI is InChI=1S/C41H33IN2O5S/c1-46-33-18-16-27(22-34(33)47-2)38-31-17-15-26-10-5-7-14-30(26)37(31)43-41-44(38)40(45)36(50-41)21-24-19-32(42)39(35(20-24)48-3)49-23-28-12-8-11-25-9-4-6-13-29(25)28/h4-14,16,18-22,38H,15,17,23H2,1-3H3/b36-21-/t38-/m1/s1. The van der Waals surface area contributed by atoms with Crippen molar-refractivity contribution in [3.8, 4) is 23.0 Å². The molecule has 0 saturated heterocycles. The number of rotatable bonds is 8. The summed E-state index contributed by atoms with van der Waals surface area (Å²) in [5.41, 5.74) is 7.25. The predicted octanol–water partition coefficient (Wildman–Crippen LogP) is 7.68. The van der Waals surface area contributed by atoms with Crippen LogP contribution in [0.3, 0.4) is 0 Å². The molecule has 6 aromatic rings. The number of aromatic nitrogens is 1. The molecule has 0 N–H and O–H groups in total.